The molecule has 3 N–H and O–H groups in total. The number of dihydropyridines is 1. The van der Waals surface area contributed by atoms with E-state index in [4.69, 9.17) is 9.32 Å². The molecule has 154 valence electrons. The van der Waals surface area contributed by atoms with E-state index in [2.05, 4.69) is 22.3 Å². The second kappa shape index (κ2) is 8.97. The molecule has 1 aromatic rings. The van der Waals surface area contributed by atoms with Gasteiger partial charge >= 0.3 is 10.3 Å². The van der Waals surface area contributed by atoms with Gasteiger partial charge in [0, 0.05) is 25.3 Å². The van der Waals surface area contributed by atoms with Gasteiger partial charge in [-0.3, -0.25) is 18.7 Å². The Morgan fingerprint density at radius 3 is 3.00 bits per heavy atom. The van der Waals surface area contributed by atoms with Gasteiger partial charge in [-0.25, -0.2) is 5.14 Å². The lowest BCUT2D eigenvalue weighted by Gasteiger charge is -2.20. The molecule has 1 saturated carbocycles. The molecule has 0 spiro atoms. The van der Waals surface area contributed by atoms with Crippen molar-refractivity contribution in [2.24, 2.45) is 16.0 Å². The van der Waals surface area contributed by atoms with Crippen LogP contribution >= 0.6 is 0 Å². The molecular formula is C18H27N5O4S. The van der Waals surface area contributed by atoms with Crippen molar-refractivity contribution in [3.8, 4) is 0 Å². The highest BCUT2D eigenvalue weighted by Crippen LogP contribution is 2.27. The van der Waals surface area contributed by atoms with Crippen LogP contribution in [0.4, 0.5) is 0 Å². The molecule has 0 saturated heterocycles. The van der Waals surface area contributed by atoms with Gasteiger partial charge < -0.3 is 5.32 Å². The zero-order valence-electron chi connectivity index (χ0n) is 16.0. The Bertz CT molecular complexity index is 874. The van der Waals surface area contributed by atoms with E-state index in [-0.39, 0.29) is 24.3 Å². The summed E-state index contributed by atoms with van der Waals surface area (Å²) in [6.45, 7) is 3.55. The van der Waals surface area contributed by atoms with Gasteiger partial charge in [0.25, 0.3) is 0 Å². The van der Waals surface area contributed by atoms with Crippen LogP contribution in [0.1, 0.15) is 49.5 Å². The SMILES string of the molecule is CCCn1ccc(C(=O)C2=CCCN=C2NC2CCC(COS(N)(=O)=O)C2)n1. The summed E-state index contributed by atoms with van der Waals surface area (Å²) in [5.41, 5.74) is 0.971. The Balaban J connectivity index is 1.61. The predicted octanol–water partition coefficient (Wildman–Crippen LogP) is 1.18. The van der Waals surface area contributed by atoms with Crippen molar-refractivity contribution in [3.05, 3.63) is 29.6 Å². The minimum atomic E-state index is -3.92. The summed E-state index contributed by atoms with van der Waals surface area (Å²) < 4.78 is 28.4. The van der Waals surface area contributed by atoms with Gasteiger partial charge in [-0.1, -0.05) is 13.0 Å². The summed E-state index contributed by atoms with van der Waals surface area (Å²) in [5, 5.41) is 12.6. The molecule has 2 unspecified atom stereocenters. The maximum atomic E-state index is 12.9. The standard InChI is InChI=1S/C18H27N5O4S/c1-2-9-23-10-7-16(22-23)17(24)15-4-3-8-20-18(15)21-14-6-5-13(11-14)12-27-28(19,25)26/h4,7,10,13-14H,2-3,5-6,8-9,11-12H2,1H3,(H,20,21)(H2,19,25,26). The molecule has 28 heavy (non-hydrogen) atoms. The van der Waals surface area contributed by atoms with E-state index < -0.39 is 10.3 Å². The van der Waals surface area contributed by atoms with Gasteiger partial charge in [-0.05, 0) is 44.1 Å². The highest BCUT2D eigenvalue weighted by Gasteiger charge is 2.29. The molecule has 0 radical (unpaired) electrons. The largest absolute Gasteiger partial charge is 0.367 e. The lowest BCUT2D eigenvalue weighted by molar-refractivity contribution is 0.103. The van der Waals surface area contributed by atoms with Crippen molar-refractivity contribution >= 4 is 21.9 Å². The Morgan fingerprint density at radius 2 is 2.25 bits per heavy atom. The number of aliphatic imine (C=N–C) groups is 1. The maximum absolute atomic E-state index is 12.9. The molecule has 1 aliphatic heterocycles. The molecule has 1 fully saturated rings. The Hall–Kier alpha value is -2.04. The van der Waals surface area contributed by atoms with Gasteiger partial charge in [-0.15, -0.1) is 0 Å². The maximum Gasteiger partial charge on any atom is 0.333 e. The second-order valence-electron chi connectivity index (χ2n) is 7.23. The van der Waals surface area contributed by atoms with Crippen LogP contribution in [0.15, 0.2) is 28.9 Å². The Morgan fingerprint density at radius 1 is 1.43 bits per heavy atom. The Kier molecular flexibility index (Phi) is 6.63. The summed E-state index contributed by atoms with van der Waals surface area (Å²) in [7, 11) is -3.92. The Labute approximate surface area is 165 Å². The van der Waals surface area contributed by atoms with Gasteiger partial charge in [0.05, 0.1) is 12.2 Å². The summed E-state index contributed by atoms with van der Waals surface area (Å²) >= 11 is 0. The summed E-state index contributed by atoms with van der Waals surface area (Å²) in [4.78, 5) is 17.4. The fourth-order valence-electron chi connectivity index (χ4n) is 3.61. The number of carbonyl (C=O) groups excluding carboxylic acids is 1. The van der Waals surface area contributed by atoms with E-state index in [0.29, 0.717) is 23.6 Å². The molecule has 10 heteroatoms. The number of aryl methyl sites for hydroxylation is 1. The third kappa shape index (κ3) is 5.49. The van der Waals surface area contributed by atoms with E-state index in [9.17, 15) is 13.2 Å². The van der Waals surface area contributed by atoms with Crippen LogP contribution in [-0.4, -0.2) is 49.0 Å². The summed E-state index contributed by atoms with van der Waals surface area (Å²) in [5.74, 6) is 0.570. The minimum Gasteiger partial charge on any atom is -0.367 e. The van der Waals surface area contributed by atoms with Gasteiger partial charge in [0.2, 0.25) is 5.78 Å². The average Bonchev–Trinajstić information content (AvgIpc) is 3.29. The molecule has 0 amide bonds. The number of rotatable bonds is 8. The topological polar surface area (TPSA) is 129 Å². The van der Waals surface area contributed by atoms with Crippen molar-refractivity contribution in [1.29, 1.82) is 0 Å². The number of ketones is 1. The number of nitrogens with two attached hydrogens (primary N) is 1. The van der Waals surface area contributed by atoms with Gasteiger partial charge in [-0.2, -0.15) is 13.5 Å². The molecule has 0 bridgehead atoms. The third-order valence-corrected chi connectivity index (χ3v) is 5.39. The summed E-state index contributed by atoms with van der Waals surface area (Å²) in [6, 6.07) is 1.85. The first-order valence-corrected chi connectivity index (χ1v) is 11.1. The highest BCUT2D eigenvalue weighted by atomic mass is 32.2. The van der Waals surface area contributed by atoms with Crippen LogP contribution in [0.5, 0.6) is 0 Å². The number of nitrogens with zero attached hydrogens (tertiary/aromatic N) is 3. The molecule has 2 heterocycles. The smallest absolute Gasteiger partial charge is 0.333 e. The first-order chi connectivity index (χ1) is 13.4. The number of Topliss-reactive ketones (excluding diaryl/α,β-unsaturated/α-hetero) is 1. The molecule has 2 aliphatic rings. The molecule has 0 aromatic carbocycles. The monoisotopic (exact) mass is 409 g/mol. The van der Waals surface area contributed by atoms with Crippen LogP contribution in [0.3, 0.4) is 0 Å². The third-order valence-electron chi connectivity index (χ3n) is 4.92. The highest BCUT2D eigenvalue weighted by molar-refractivity contribution is 7.84. The van der Waals surface area contributed by atoms with Gasteiger partial charge in [0.1, 0.15) is 11.5 Å². The van der Waals surface area contributed by atoms with Gasteiger partial charge in [0.15, 0.2) is 0 Å². The molecule has 1 aliphatic carbocycles. The molecule has 1 aromatic heterocycles. The zero-order valence-corrected chi connectivity index (χ0v) is 16.8. The number of carbonyl (C=O) groups is 1. The number of hydrogen-bond donors (Lipinski definition) is 2. The number of nitrogens with one attached hydrogen (secondary N) is 1. The van der Waals surface area contributed by atoms with Crippen LogP contribution in [0.25, 0.3) is 0 Å². The van der Waals surface area contributed by atoms with E-state index in [0.717, 1.165) is 38.6 Å². The van der Waals surface area contributed by atoms with E-state index in [1.54, 1.807) is 10.7 Å². The van der Waals surface area contributed by atoms with Crippen LogP contribution in [-0.2, 0) is 21.0 Å². The minimum absolute atomic E-state index is 0.0833. The zero-order chi connectivity index (χ0) is 20.1. The first kappa shape index (κ1) is 20.7. The molecule has 9 nitrogen and oxygen atoms in total. The van der Waals surface area contributed by atoms with E-state index in [1.807, 2.05) is 12.3 Å². The number of aromatic nitrogens is 2. The lowest BCUT2D eigenvalue weighted by atomic mass is 10.0. The van der Waals surface area contributed by atoms with Crippen molar-refractivity contribution in [2.75, 3.05) is 13.2 Å². The van der Waals surface area contributed by atoms with Crippen molar-refractivity contribution < 1.29 is 17.4 Å². The van der Waals surface area contributed by atoms with Crippen LogP contribution in [0.2, 0.25) is 0 Å². The lowest BCUT2D eigenvalue weighted by Crippen LogP contribution is -2.37. The summed E-state index contributed by atoms with van der Waals surface area (Å²) in [6.07, 6.45) is 7.81. The number of amidine groups is 1. The fourth-order valence-corrected chi connectivity index (χ4v) is 3.99. The average molecular weight is 410 g/mol. The van der Waals surface area contributed by atoms with Crippen LogP contribution < -0.4 is 10.5 Å². The fraction of sp³-hybridized carbons (Fsp3) is 0.611. The van der Waals surface area contributed by atoms with Crippen molar-refractivity contribution in [1.82, 2.24) is 15.1 Å². The van der Waals surface area contributed by atoms with Crippen molar-refractivity contribution in [2.45, 2.75) is 51.6 Å². The predicted molar refractivity (Wildman–Crippen MR) is 105 cm³/mol. The quantitative estimate of drug-likeness (QED) is 0.621. The van der Waals surface area contributed by atoms with Crippen LogP contribution in [0, 0.1) is 5.92 Å². The number of hydrogen-bond acceptors (Lipinski definition) is 7. The van der Waals surface area contributed by atoms with E-state index in [1.165, 1.54) is 0 Å². The van der Waals surface area contributed by atoms with E-state index >= 15 is 0 Å². The molecule has 3 rings (SSSR count). The first-order valence-electron chi connectivity index (χ1n) is 9.62. The molecule has 2 atom stereocenters. The normalized spacial score (nSPS) is 22.6. The second-order valence-corrected chi connectivity index (χ2v) is 8.45. The van der Waals surface area contributed by atoms with Crippen molar-refractivity contribution in [3.63, 3.8) is 0 Å². The molecular weight excluding hydrogens is 382 g/mol.